The van der Waals surface area contributed by atoms with E-state index in [9.17, 15) is 9.90 Å². The zero-order valence-corrected chi connectivity index (χ0v) is 17.7. The minimum Gasteiger partial charge on any atom is -0.459 e. The number of aliphatic hydroxyl groups is 1. The van der Waals surface area contributed by atoms with Crippen LogP contribution in [-0.2, 0) is 14.3 Å². The standard InChI is InChI=1S/C22H39NO4/c1-5-26-21-17(12-11-15-24)18(22(2,3)4)16-19(27-21)20(25)23-13-9-7-6-8-10-14-23/h16-18,21,24H,5-15H2,1-4H3/t17-,18-,21+/m1/s1. The summed E-state index contributed by atoms with van der Waals surface area (Å²) >= 11 is 0. The molecular weight excluding hydrogens is 342 g/mol. The Labute approximate surface area is 165 Å². The second kappa shape index (κ2) is 10.5. The smallest absolute Gasteiger partial charge is 0.288 e. The minimum absolute atomic E-state index is 0.0106. The van der Waals surface area contributed by atoms with Crippen molar-refractivity contribution >= 4 is 5.91 Å². The van der Waals surface area contributed by atoms with Gasteiger partial charge in [0.15, 0.2) is 5.76 Å². The summed E-state index contributed by atoms with van der Waals surface area (Å²) in [5.41, 5.74) is -0.0128. The third-order valence-electron chi connectivity index (χ3n) is 5.77. The lowest BCUT2D eigenvalue weighted by Crippen LogP contribution is -2.44. The summed E-state index contributed by atoms with van der Waals surface area (Å²) in [6.07, 6.45) is 8.94. The fourth-order valence-electron chi connectivity index (χ4n) is 4.29. The van der Waals surface area contributed by atoms with Gasteiger partial charge in [-0.2, -0.15) is 0 Å². The van der Waals surface area contributed by atoms with Gasteiger partial charge in [0.25, 0.3) is 5.91 Å². The van der Waals surface area contributed by atoms with Gasteiger partial charge in [0.1, 0.15) is 0 Å². The molecular formula is C22H39NO4. The summed E-state index contributed by atoms with van der Waals surface area (Å²) in [5, 5.41) is 9.30. The second-order valence-electron chi connectivity index (χ2n) is 8.95. The molecule has 1 saturated heterocycles. The van der Waals surface area contributed by atoms with Gasteiger partial charge >= 0.3 is 0 Å². The number of amides is 1. The van der Waals surface area contributed by atoms with Crippen LogP contribution in [0.2, 0.25) is 0 Å². The van der Waals surface area contributed by atoms with Gasteiger partial charge < -0.3 is 19.5 Å². The van der Waals surface area contributed by atoms with Gasteiger partial charge in [0.05, 0.1) is 0 Å². The molecule has 0 radical (unpaired) electrons. The molecule has 0 aromatic carbocycles. The lowest BCUT2D eigenvalue weighted by atomic mass is 9.70. The lowest BCUT2D eigenvalue weighted by Gasteiger charge is -2.43. The Morgan fingerprint density at radius 2 is 1.85 bits per heavy atom. The van der Waals surface area contributed by atoms with Crippen molar-refractivity contribution in [2.45, 2.75) is 78.9 Å². The second-order valence-corrected chi connectivity index (χ2v) is 8.95. The predicted octanol–water partition coefficient (Wildman–Crippen LogP) is 4.11. The molecule has 0 unspecified atom stereocenters. The van der Waals surface area contributed by atoms with Gasteiger partial charge in [0, 0.05) is 32.2 Å². The van der Waals surface area contributed by atoms with Crippen molar-refractivity contribution in [1.29, 1.82) is 0 Å². The molecule has 0 bridgehead atoms. The molecule has 2 rings (SSSR count). The van der Waals surface area contributed by atoms with Crippen molar-refractivity contribution in [2.75, 3.05) is 26.3 Å². The Morgan fingerprint density at radius 1 is 1.22 bits per heavy atom. The average molecular weight is 382 g/mol. The van der Waals surface area contributed by atoms with Crippen molar-refractivity contribution in [3.05, 3.63) is 11.8 Å². The molecule has 27 heavy (non-hydrogen) atoms. The SMILES string of the molecule is CCO[C@H]1OC(C(=O)N2CCCCCCC2)=C[C@@H](C(C)(C)C)[C@H]1CCCO. The monoisotopic (exact) mass is 381 g/mol. The Morgan fingerprint density at radius 3 is 2.41 bits per heavy atom. The fourth-order valence-corrected chi connectivity index (χ4v) is 4.29. The molecule has 5 heteroatoms. The summed E-state index contributed by atoms with van der Waals surface area (Å²) in [6, 6.07) is 0. The molecule has 1 amide bonds. The van der Waals surface area contributed by atoms with E-state index in [4.69, 9.17) is 9.47 Å². The highest BCUT2D eigenvalue weighted by Gasteiger charge is 2.42. The van der Waals surface area contributed by atoms with E-state index in [0.29, 0.717) is 18.8 Å². The summed E-state index contributed by atoms with van der Waals surface area (Å²) in [4.78, 5) is 15.2. The number of hydrogen-bond donors (Lipinski definition) is 1. The molecule has 1 N–H and O–H groups in total. The molecule has 2 aliphatic rings. The molecule has 3 atom stereocenters. The molecule has 2 aliphatic heterocycles. The number of allylic oxidation sites excluding steroid dienone is 1. The van der Waals surface area contributed by atoms with Gasteiger partial charge in [-0.1, -0.05) is 40.0 Å². The fraction of sp³-hybridized carbons (Fsp3) is 0.864. The first kappa shape index (κ1) is 22.2. The van der Waals surface area contributed by atoms with Crippen LogP contribution in [0.3, 0.4) is 0 Å². The first-order valence-corrected chi connectivity index (χ1v) is 10.8. The minimum atomic E-state index is -0.426. The zero-order chi connectivity index (χ0) is 19.9. The van der Waals surface area contributed by atoms with E-state index in [2.05, 4.69) is 20.8 Å². The van der Waals surface area contributed by atoms with Crippen LogP contribution in [0.25, 0.3) is 0 Å². The van der Waals surface area contributed by atoms with Crippen molar-refractivity contribution < 1.29 is 19.4 Å². The van der Waals surface area contributed by atoms with Crippen LogP contribution in [0.4, 0.5) is 0 Å². The topological polar surface area (TPSA) is 59.0 Å². The highest BCUT2D eigenvalue weighted by Crippen LogP contribution is 2.43. The van der Waals surface area contributed by atoms with Gasteiger partial charge in [0.2, 0.25) is 6.29 Å². The van der Waals surface area contributed by atoms with Crippen molar-refractivity contribution in [3.63, 3.8) is 0 Å². The molecule has 2 heterocycles. The maximum Gasteiger partial charge on any atom is 0.288 e. The average Bonchev–Trinajstić information content (AvgIpc) is 2.58. The first-order valence-electron chi connectivity index (χ1n) is 10.8. The number of ether oxygens (including phenoxy) is 2. The number of likely N-dealkylation sites (tertiary alicyclic amines) is 1. The summed E-state index contributed by atoms with van der Waals surface area (Å²) in [7, 11) is 0. The molecule has 156 valence electrons. The largest absolute Gasteiger partial charge is 0.459 e. The normalized spacial score (nSPS) is 27.4. The van der Waals surface area contributed by atoms with E-state index in [0.717, 1.165) is 32.4 Å². The highest BCUT2D eigenvalue weighted by atomic mass is 16.7. The van der Waals surface area contributed by atoms with E-state index in [1.165, 1.54) is 19.3 Å². The van der Waals surface area contributed by atoms with Crippen molar-refractivity contribution in [3.8, 4) is 0 Å². The number of hydrogen-bond acceptors (Lipinski definition) is 4. The first-order chi connectivity index (χ1) is 12.9. The summed E-state index contributed by atoms with van der Waals surface area (Å²) < 4.78 is 12.0. The molecule has 0 aliphatic carbocycles. The molecule has 0 saturated carbocycles. The highest BCUT2D eigenvalue weighted by molar-refractivity contribution is 5.91. The van der Waals surface area contributed by atoms with Crippen molar-refractivity contribution in [2.24, 2.45) is 17.3 Å². The van der Waals surface area contributed by atoms with E-state index in [1.54, 1.807) is 0 Å². The van der Waals surface area contributed by atoms with Crippen LogP contribution in [-0.4, -0.2) is 48.5 Å². The van der Waals surface area contributed by atoms with Crippen LogP contribution >= 0.6 is 0 Å². The van der Waals surface area contributed by atoms with Gasteiger partial charge in [-0.25, -0.2) is 0 Å². The number of carbonyl (C=O) groups excluding carboxylic acids is 1. The maximum atomic E-state index is 13.2. The van der Waals surface area contributed by atoms with Gasteiger partial charge in [-0.15, -0.1) is 0 Å². The quantitative estimate of drug-likeness (QED) is 0.752. The van der Waals surface area contributed by atoms with Crippen LogP contribution in [0, 0.1) is 17.3 Å². The number of aliphatic hydroxyl groups excluding tert-OH is 1. The Kier molecular flexibility index (Phi) is 8.62. The van der Waals surface area contributed by atoms with Crippen LogP contribution in [0.1, 0.15) is 72.6 Å². The van der Waals surface area contributed by atoms with E-state index in [1.807, 2.05) is 17.9 Å². The molecule has 1 fully saturated rings. The zero-order valence-electron chi connectivity index (χ0n) is 17.7. The number of rotatable bonds is 6. The molecule has 0 spiro atoms. The molecule has 0 aromatic heterocycles. The van der Waals surface area contributed by atoms with E-state index < -0.39 is 6.29 Å². The summed E-state index contributed by atoms with van der Waals surface area (Å²) in [5.74, 6) is 0.773. The Bertz CT molecular complexity index is 489. The maximum absolute atomic E-state index is 13.2. The number of nitrogens with zero attached hydrogens (tertiary/aromatic N) is 1. The third kappa shape index (κ3) is 6.21. The lowest BCUT2D eigenvalue weighted by molar-refractivity contribution is -0.182. The predicted molar refractivity (Wildman–Crippen MR) is 107 cm³/mol. The summed E-state index contributed by atoms with van der Waals surface area (Å²) in [6.45, 7) is 10.9. The number of carbonyl (C=O) groups is 1. The van der Waals surface area contributed by atoms with E-state index in [-0.39, 0.29) is 29.8 Å². The molecule has 0 aromatic rings. The Balaban J connectivity index is 2.25. The van der Waals surface area contributed by atoms with Crippen LogP contribution in [0.5, 0.6) is 0 Å². The molecule has 5 nitrogen and oxygen atoms in total. The third-order valence-corrected chi connectivity index (χ3v) is 5.77. The van der Waals surface area contributed by atoms with Crippen molar-refractivity contribution in [1.82, 2.24) is 4.90 Å². The van der Waals surface area contributed by atoms with Gasteiger partial charge in [-0.05, 0) is 50.0 Å². The van der Waals surface area contributed by atoms with Crippen LogP contribution < -0.4 is 0 Å². The van der Waals surface area contributed by atoms with Gasteiger partial charge in [-0.3, -0.25) is 4.79 Å². The van der Waals surface area contributed by atoms with E-state index >= 15 is 0 Å². The Hall–Kier alpha value is -1.07. The van der Waals surface area contributed by atoms with Crippen LogP contribution in [0.15, 0.2) is 11.8 Å².